The molecule has 0 radical (unpaired) electrons. The molecule has 19 heavy (non-hydrogen) atoms. The van der Waals surface area contributed by atoms with E-state index in [1.165, 1.54) is 4.90 Å². The molecule has 106 valence electrons. The standard InChI is InChI=1S/C14H21ClN2O2/c1-9(18)8-17(5)13(19)10-6-11(14(2,3)4)16-12(15)7-10/h6-7,9,18H,8H2,1-5H3. The average Bonchev–Trinajstić information content (AvgIpc) is 2.25. The van der Waals surface area contributed by atoms with Crippen LogP contribution in [0.25, 0.3) is 0 Å². The summed E-state index contributed by atoms with van der Waals surface area (Å²) in [5.74, 6) is -0.171. The Labute approximate surface area is 119 Å². The van der Waals surface area contributed by atoms with Gasteiger partial charge in [-0.25, -0.2) is 4.98 Å². The molecule has 1 N–H and O–H groups in total. The van der Waals surface area contributed by atoms with E-state index < -0.39 is 6.10 Å². The van der Waals surface area contributed by atoms with Gasteiger partial charge in [0.25, 0.3) is 5.91 Å². The summed E-state index contributed by atoms with van der Waals surface area (Å²) < 4.78 is 0. The Bertz CT molecular complexity index is 467. The van der Waals surface area contributed by atoms with E-state index >= 15 is 0 Å². The van der Waals surface area contributed by atoms with E-state index in [0.717, 1.165) is 5.69 Å². The second kappa shape index (κ2) is 5.88. The van der Waals surface area contributed by atoms with Gasteiger partial charge in [-0.1, -0.05) is 32.4 Å². The average molecular weight is 285 g/mol. The normalized spacial score (nSPS) is 13.2. The largest absolute Gasteiger partial charge is 0.392 e. The van der Waals surface area contributed by atoms with E-state index in [0.29, 0.717) is 10.7 Å². The van der Waals surface area contributed by atoms with Gasteiger partial charge in [0, 0.05) is 30.3 Å². The number of rotatable bonds is 3. The first-order valence-corrected chi connectivity index (χ1v) is 6.60. The van der Waals surface area contributed by atoms with Crippen molar-refractivity contribution in [3.8, 4) is 0 Å². The zero-order chi connectivity index (χ0) is 14.8. The summed E-state index contributed by atoms with van der Waals surface area (Å²) in [7, 11) is 1.65. The van der Waals surface area contributed by atoms with Gasteiger partial charge in [0.15, 0.2) is 0 Å². The molecule has 1 rings (SSSR count). The van der Waals surface area contributed by atoms with Crippen molar-refractivity contribution in [2.75, 3.05) is 13.6 Å². The second-order valence-electron chi connectivity index (χ2n) is 5.85. The molecule has 5 heteroatoms. The highest BCUT2D eigenvalue weighted by Gasteiger charge is 2.20. The zero-order valence-electron chi connectivity index (χ0n) is 12.1. The molecular weight excluding hydrogens is 264 g/mol. The van der Waals surface area contributed by atoms with Crippen molar-refractivity contribution < 1.29 is 9.90 Å². The summed E-state index contributed by atoms with van der Waals surface area (Å²) in [5, 5.41) is 9.63. The molecule has 0 saturated carbocycles. The fraction of sp³-hybridized carbons (Fsp3) is 0.571. The lowest BCUT2D eigenvalue weighted by Crippen LogP contribution is -2.33. The number of aliphatic hydroxyl groups excluding tert-OH is 1. The smallest absolute Gasteiger partial charge is 0.253 e. The van der Waals surface area contributed by atoms with Gasteiger partial charge in [0.1, 0.15) is 5.15 Å². The molecule has 4 nitrogen and oxygen atoms in total. The molecule has 1 aromatic rings. The first-order chi connectivity index (χ1) is 8.61. The number of hydrogen-bond donors (Lipinski definition) is 1. The summed E-state index contributed by atoms with van der Waals surface area (Å²) in [6, 6.07) is 3.31. The first-order valence-electron chi connectivity index (χ1n) is 6.23. The molecule has 0 aromatic carbocycles. The number of likely N-dealkylation sites (N-methyl/N-ethyl adjacent to an activating group) is 1. The van der Waals surface area contributed by atoms with Gasteiger partial charge < -0.3 is 10.0 Å². The Balaban J connectivity index is 3.07. The summed E-state index contributed by atoms with van der Waals surface area (Å²) in [6.07, 6.45) is -0.562. The van der Waals surface area contributed by atoms with E-state index in [1.807, 2.05) is 20.8 Å². The fourth-order valence-corrected chi connectivity index (χ4v) is 1.91. The summed E-state index contributed by atoms with van der Waals surface area (Å²) in [6.45, 7) is 7.96. The molecule has 0 aliphatic carbocycles. The molecule has 1 heterocycles. The van der Waals surface area contributed by atoms with E-state index in [2.05, 4.69) is 4.98 Å². The number of carbonyl (C=O) groups is 1. The van der Waals surface area contributed by atoms with Crippen LogP contribution in [0, 0.1) is 0 Å². The van der Waals surface area contributed by atoms with Crippen LogP contribution < -0.4 is 0 Å². The molecule has 0 bridgehead atoms. The highest BCUT2D eigenvalue weighted by Crippen LogP contribution is 2.23. The number of hydrogen-bond acceptors (Lipinski definition) is 3. The molecule has 0 aliphatic heterocycles. The summed E-state index contributed by atoms with van der Waals surface area (Å²) in [5.41, 5.74) is 1.09. The van der Waals surface area contributed by atoms with Crippen molar-refractivity contribution in [3.05, 3.63) is 28.5 Å². The predicted octanol–water partition coefficient (Wildman–Crippen LogP) is 2.49. The fourth-order valence-electron chi connectivity index (χ4n) is 1.70. The number of aromatic nitrogens is 1. The highest BCUT2D eigenvalue weighted by molar-refractivity contribution is 6.29. The molecule has 1 aromatic heterocycles. The maximum Gasteiger partial charge on any atom is 0.253 e. The van der Waals surface area contributed by atoms with Crippen molar-refractivity contribution in [2.45, 2.75) is 39.2 Å². The van der Waals surface area contributed by atoms with Gasteiger partial charge in [0.05, 0.1) is 6.10 Å². The molecule has 1 unspecified atom stereocenters. The van der Waals surface area contributed by atoms with Crippen molar-refractivity contribution in [3.63, 3.8) is 0 Å². The van der Waals surface area contributed by atoms with Gasteiger partial charge >= 0.3 is 0 Å². The van der Waals surface area contributed by atoms with Crippen molar-refractivity contribution in [2.24, 2.45) is 0 Å². The Morgan fingerprint density at radius 1 is 1.47 bits per heavy atom. The van der Waals surface area contributed by atoms with E-state index in [-0.39, 0.29) is 17.9 Å². The Kier molecular flexibility index (Phi) is 4.93. The minimum Gasteiger partial charge on any atom is -0.392 e. The number of carbonyl (C=O) groups excluding carboxylic acids is 1. The van der Waals surface area contributed by atoms with Gasteiger partial charge in [0.2, 0.25) is 0 Å². The van der Waals surface area contributed by atoms with Crippen LogP contribution in [-0.4, -0.2) is 40.6 Å². The lowest BCUT2D eigenvalue weighted by molar-refractivity contribution is 0.0703. The van der Waals surface area contributed by atoms with E-state index in [1.54, 1.807) is 26.1 Å². The van der Waals surface area contributed by atoms with Gasteiger partial charge in [-0.2, -0.15) is 0 Å². The molecule has 0 aliphatic rings. The highest BCUT2D eigenvalue weighted by atomic mass is 35.5. The number of aliphatic hydroxyl groups is 1. The van der Waals surface area contributed by atoms with Crippen molar-refractivity contribution in [1.82, 2.24) is 9.88 Å². The minimum absolute atomic E-state index is 0.171. The van der Waals surface area contributed by atoms with Crippen LogP contribution in [0.4, 0.5) is 0 Å². The topological polar surface area (TPSA) is 53.4 Å². The summed E-state index contributed by atoms with van der Waals surface area (Å²) in [4.78, 5) is 18.0. The number of amides is 1. The molecule has 1 amide bonds. The SMILES string of the molecule is CC(O)CN(C)C(=O)c1cc(Cl)nc(C(C)(C)C)c1. The third kappa shape index (κ3) is 4.48. The van der Waals surface area contributed by atoms with Crippen molar-refractivity contribution >= 4 is 17.5 Å². The monoisotopic (exact) mass is 284 g/mol. The second-order valence-corrected chi connectivity index (χ2v) is 6.24. The maximum absolute atomic E-state index is 12.2. The van der Waals surface area contributed by atoms with Crippen LogP contribution in [0.2, 0.25) is 5.15 Å². The Hall–Kier alpha value is -1.13. The van der Waals surface area contributed by atoms with Crippen LogP contribution in [0.15, 0.2) is 12.1 Å². The third-order valence-corrected chi connectivity index (χ3v) is 2.89. The predicted molar refractivity (Wildman–Crippen MR) is 76.6 cm³/mol. The number of pyridine rings is 1. The van der Waals surface area contributed by atoms with Crippen LogP contribution in [0.3, 0.4) is 0 Å². The number of nitrogens with zero attached hydrogens (tertiary/aromatic N) is 2. The molecule has 0 saturated heterocycles. The molecular formula is C14H21ClN2O2. The lowest BCUT2D eigenvalue weighted by Gasteiger charge is -2.22. The van der Waals surface area contributed by atoms with E-state index in [4.69, 9.17) is 11.6 Å². The van der Waals surface area contributed by atoms with Gasteiger partial charge in [-0.05, 0) is 19.1 Å². The van der Waals surface area contributed by atoms with Crippen LogP contribution >= 0.6 is 11.6 Å². The summed E-state index contributed by atoms with van der Waals surface area (Å²) >= 11 is 5.98. The van der Waals surface area contributed by atoms with Crippen molar-refractivity contribution in [1.29, 1.82) is 0 Å². The zero-order valence-corrected chi connectivity index (χ0v) is 12.8. The van der Waals surface area contributed by atoms with E-state index in [9.17, 15) is 9.90 Å². The first kappa shape index (κ1) is 15.9. The minimum atomic E-state index is -0.562. The van der Waals surface area contributed by atoms with Crippen LogP contribution in [0.5, 0.6) is 0 Å². The van der Waals surface area contributed by atoms with Crippen LogP contribution in [-0.2, 0) is 5.41 Å². The third-order valence-electron chi connectivity index (χ3n) is 2.69. The Morgan fingerprint density at radius 3 is 2.53 bits per heavy atom. The molecule has 0 fully saturated rings. The molecule has 0 spiro atoms. The molecule has 1 atom stereocenters. The van der Waals surface area contributed by atoms with Gasteiger partial charge in [-0.3, -0.25) is 4.79 Å². The lowest BCUT2D eigenvalue weighted by atomic mass is 9.91. The van der Waals surface area contributed by atoms with Crippen LogP contribution in [0.1, 0.15) is 43.7 Å². The number of halogens is 1. The maximum atomic E-state index is 12.2. The Morgan fingerprint density at radius 2 is 2.05 bits per heavy atom. The van der Waals surface area contributed by atoms with Gasteiger partial charge in [-0.15, -0.1) is 0 Å². The quantitative estimate of drug-likeness (QED) is 0.868.